The van der Waals surface area contributed by atoms with Crippen molar-refractivity contribution in [3.05, 3.63) is 65.2 Å². The van der Waals surface area contributed by atoms with Crippen molar-refractivity contribution in [1.29, 1.82) is 0 Å². The van der Waals surface area contributed by atoms with E-state index < -0.39 is 5.60 Å². The Labute approximate surface area is 130 Å². The quantitative estimate of drug-likeness (QED) is 0.834. The van der Waals surface area contributed by atoms with Gasteiger partial charge in [-0.15, -0.1) is 11.8 Å². The number of hydrogen-bond donors (Lipinski definition) is 2. The number of hydrogen-bond acceptors (Lipinski definition) is 3. The Balaban J connectivity index is 1.73. The third kappa shape index (κ3) is 3.15. The molecule has 1 unspecified atom stereocenters. The number of benzene rings is 2. The maximum atomic E-state index is 10.8. The van der Waals surface area contributed by atoms with Crippen molar-refractivity contribution in [1.82, 2.24) is 0 Å². The fourth-order valence-corrected chi connectivity index (χ4v) is 3.93. The Hall–Kier alpha value is -1.29. The van der Waals surface area contributed by atoms with Crippen molar-refractivity contribution >= 4 is 11.8 Å². The summed E-state index contributed by atoms with van der Waals surface area (Å²) >= 11 is 1.68. The second-order valence-electron chi connectivity index (χ2n) is 5.67. The molecule has 0 aliphatic heterocycles. The van der Waals surface area contributed by atoms with Crippen LogP contribution in [0.1, 0.15) is 23.1 Å². The van der Waals surface area contributed by atoms with Crippen LogP contribution in [0.5, 0.6) is 0 Å². The molecule has 0 spiro atoms. The molecule has 3 heteroatoms. The number of fused-ring (bicyclic) bond motifs is 1. The predicted octanol–water partition coefficient (Wildman–Crippen LogP) is 3.11. The van der Waals surface area contributed by atoms with Crippen LogP contribution in [0.2, 0.25) is 0 Å². The van der Waals surface area contributed by atoms with E-state index in [1.54, 1.807) is 11.8 Å². The molecule has 2 nitrogen and oxygen atoms in total. The van der Waals surface area contributed by atoms with Crippen molar-refractivity contribution in [2.24, 2.45) is 5.73 Å². The first-order valence-corrected chi connectivity index (χ1v) is 8.42. The van der Waals surface area contributed by atoms with Crippen LogP contribution in [0.15, 0.2) is 53.4 Å². The van der Waals surface area contributed by atoms with Gasteiger partial charge >= 0.3 is 0 Å². The van der Waals surface area contributed by atoms with Gasteiger partial charge in [-0.2, -0.15) is 0 Å². The van der Waals surface area contributed by atoms with Gasteiger partial charge < -0.3 is 10.8 Å². The van der Waals surface area contributed by atoms with Crippen LogP contribution in [0.4, 0.5) is 0 Å². The normalized spacial score (nSPS) is 16.5. The zero-order valence-corrected chi connectivity index (χ0v) is 12.9. The molecule has 3 N–H and O–H groups in total. The molecule has 1 aliphatic rings. The number of rotatable bonds is 5. The summed E-state index contributed by atoms with van der Waals surface area (Å²) in [6.45, 7) is 0.231. The molecule has 21 heavy (non-hydrogen) atoms. The van der Waals surface area contributed by atoms with E-state index in [2.05, 4.69) is 18.2 Å². The van der Waals surface area contributed by atoms with Gasteiger partial charge in [-0.25, -0.2) is 0 Å². The molecule has 0 saturated carbocycles. The largest absolute Gasteiger partial charge is 0.383 e. The number of aliphatic hydroxyl groups is 1. The molecular weight excluding hydrogens is 278 g/mol. The van der Waals surface area contributed by atoms with Crippen LogP contribution in [-0.2, 0) is 18.4 Å². The SMILES string of the molecule is NCC(O)(CSc1ccc2c(c1)CCC2)c1ccccc1. The molecule has 0 heterocycles. The minimum Gasteiger partial charge on any atom is -0.383 e. The monoisotopic (exact) mass is 299 g/mol. The van der Waals surface area contributed by atoms with Gasteiger partial charge in [0.1, 0.15) is 5.60 Å². The highest BCUT2D eigenvalue weighted by molar-refractivity contribution is 7.99. The first kappa shape index (κ1) is 14.6. The fraction of sp³-hybridized carbons (Fsp3) is 0.333. The van der Waals surface area contributed by atoms with Gasteiger partial charge in [-0.1, -0.05) is 36.4 Å². The molecule has 0 saturated heterocycles. The molecule has 1 aliphatic carbocycles. The summed E-state index contributed by atoms with van der Waals surface area (Å²) in [5, 5.41) is 10.8. The zero-order valence-electron chi connectivity index (χ0n) is 12.1. The van der Waals surface area contributed by atoms with Crippen LogP contribution in [0.25, 0.3) is 0 Å². The average Bonchev–Trinajstić information content (AvgIpc) is 3.01. The summed E-state index contributed by atoms with van der Waals surface area (Å²) < 4.78 is 0. The Bertz CT molecular complexity index is 614. The lowest BCUT2D eigenvalue weighted by Crippen LogP contribution is -2.37. The van der Waals surface area contributed by atoms with Gasteiger partial charge in [0, 0.05) is 17.2 Å². The number of thioether (sulfide) groups is 1. The highest BCUT2D eigenvalue weighted by Crippen LogP contribution is 2.32. The summed E-state index contributed by atoms with van der Waals surface area (Å²) in [5.74, 6) is 0.576. The average molecular weight is 299 g/mol. The maximum absolute atomic E-state index is 10.8. The minimum atomic E-state index is -0.967. The van der Waals surface area contributed by atoms with E-state index >= 15 is 0 Å². The summed E-state index contributed by atoms with van der Waals surface area (Å²) in [4.78, 5) is 1.22. The van der Waals surface area contributed by atoms with E-state index in [1.165, 1.54) is 35.3 Å². The summed E-state index contributed by atoms with van der Waals surface area (Å²) in [7, 11) is 0. The zero-order chi connectivity index (χ0) is 14.7. The summed E-state index contributed by atoms with van der Waals surface area (Å²) in [6, 6.07) is 16.4. The third-order valence-corrected chi connectivity index (χ3v) is 5.41. The van der Waals surface area contributed by atoms with Gasteiger partial charge in [-0.05, 0) is 48.1 Å². The smallest absolute Gasteiger partial charge is 0.111 e. The predicted molar refractivity (Wildman–Crippen MR) is 88.6 cm³/mol. The topological polar surface area (TPSA) is 46.2 Å². The molecule has 3 rings (SSSR count). The van der Waals surface area contributed by atoms with Gasteiger partial charge in [0.2, 0.25) is 0 Å². The molecule has 0 bridgehead atoms. The van der Waals surface area contributed by atoms with Crippen molar-refractivity contribution in [2.75, 3.05) is 12.3 Å². The molecule has 1 atom stereocenters. The van der Waals surface area contributed by atoms with Crippen molar-refractivity contribution in [3.63, 3.8) is 0 Å². The lowest BCUT2D eigenvalue weighted by Gasteiger charge is -2.26. The van der Waals surface area contributed by atoms with Crippen LogP contribution in [0.3, 0.4) is 0 Å². The highest BCUT2D eigenvalue weighted by atomic mass is 32.2. The summed E-state index contributed by atoms with van der Waals surface area (Å²) in [6.07, 6.45) is 3.65. The minimum absolute atomic E-state index is 0.231. The second-order valence-corrected chi connectivity index (χ2v) is 6.72. The van der Waals surface area contributed by atoms with E-state index in [1.807, 2.05) is 30.3 Å². The highest BCUT2D eigenvalue weighted by Gasteiger charge is 2.27. The van der Waals surface area contributed by atoms with E-state index in [0.717, 1.165) is 5.56 Å². The van der Waals surface area contributed by atoms with Gasteiger partial charge in [0.15, 0.2) is 0 Å². The van der Waals surface area contributed by atoms with Crippen molar-refractivity contribution < 1.29 is 5.11 Å². The van der Waals surface area contributed by atoms with E-state index in [0.29, 0.717) is 5.75 Å². The fourth-order valence-electron chi connectivity index (χ4n) is 2.85. The lowest BCUT2D eigenvalue weighted by atomic mass is 9.96. The molecule has 110 valence electrons. The molecular formula is C18H21NOS. The van der Waals surface area contributed by atoms with Gasteiger partial charge in [-0.3, -0.25) is 0 Å². The lowest BCUT2D eigenvalue weighted by molar-refractivity contribution is 0.0721. The first-order valence-electron chi connectivity index (χ1n) is 7.44. The van der Waals surface area contributed by atoms with Crippen LogP contribution in [-0.4, -0.2) is 17.4 Å². The number of aryl methyl sites for hydroxylation is 2. The van der Waals surface area contributed by atoms with E-state index in [4.69, 9.17) is 5.73 Å². The Morgan fingerprint density at radius 2 is 1.81 bits per heavy atom. The van der Waals surface area contributed by atoms with E-state index in [9.17, 15) is 5.11 Å². The van der Waals surface area contributed by atoms with Crippen LogP contribution < -0.4 is 5.73 Å². The molecule has 0 radical (unpaired) electrons. The molecule has 0 fully saturated rings. The first-order chi connectivity index (χ1) is 10.2. The maximum Gasteiger partial charge on any atom is 0.111 e. The molecule has 2 aromatic rings. The van der Waals surface area contributed by atoms with Crippen LogP contribution in [0, 0.1) is 0 Å². The van der Waals surface area contributed by atoms with Crippen molar-refractivity contribution in [2.45, 2.75) is 29.8 Å². The third-order valence-electron chi connectivity index (χ3n) is 4.20. The van der Waals surface area contributed by atoms with Gasteiger partial charge in [0.25, 0.3) is 0 Å². The molecule has 0 aromatic heterocycles. The van der Waals surface area contributed by atoms with Crippen LogP contribution >= 0.6 is 11.8 Å². The van der Waals surface area contributed by atoms with E-state index in [-0.39, 0.29) is 6.54 Å². The Morgan fingerprint density at radius 1 is 1.05 bits per heavy atom. The second kappa shape index (κ2) is 6.22. The molecule has 0 amide bonds. The van der Waals surface area contributed by atoms with Crippen molar-refractivity contribution in [3.8, 4) is 0 Å². The number of nitrogens with two attached hydrogens (primary N) is 1. The standard InChI is InChI=1S/C18H21NOS/c19-12-18(20,16-7-2-1-3-8-16)13-21-17-10-9-14-5-4-6-15(14)11-17/h1-3,7-11,20H,4-6,12-13,19H2. The Kier molecular flexibility index (Phi) is 4.34. The summed E-state index contributed by atoms with van der Waals surface area (Å²) in [5.41, 5.74) is 8.70. The molecule has 2 aromatic carbocycles. The van der Waals surface area contributed by atoms with Gasteiger partial charge in [0.05, 0.1) is 0 Å². The Morgan fingerprint density at radius 3 is 2.57 bits per heavy atom.